The van der Waals surface area contributed by atoms with Crippen molar-refractivity contribution in [2.45, 2.75) is 6.61 Å². The van der Waals surface area contributed by atoms with Gasteiger partial charge in [0.2, 0.25) is 0 Å². The van der Waals surface area contributed by atoms with E-state index in [1.165, 1.54) is 6.21 Å². The highest BCUT2D eigenvalue weighted by atomic mass is 35.5. The van der Waals surface area contributed by atoms with Crippen LogP contribution in [0.15, 0.2) is 84.0 Å². The Morgan fingerprint density at radius 2 is 1.78 bits per heavy atom. The molecule has 0 radical (unpaired) electrons. The Balaban J connectivity index is 1.34. The largest absolute Gasteiger partial charge is 0.489 e. The molecule has 6 nitrogen and oxygen atoms in total. The van der Waals surface area contributed by atoms with E-state index < -0.39 is 5.91 Å². The average molecular weight is 465 g/mol. The number of hydrogen-bond acceptors (Lipinski definition) is 4. The highest BCUT2D eigenvalue weighted by molar-refractivity contribution is 6.31. The number of H-pyrrole nitrogens is 1. The molecule has 0 unspecified atom stereocenters. The van der Waals surface area contributed by atoms with Gasteiger partial charge in [-0.3, -0.25) is 9.89 Å². The Morgan fingerprint density at radius 3 is 2.53 bits per heavy atom. The molecule has 2 N–H and O–H groups in total. The zero-order valence-corrected chi connectivity index (χ0v) is 18.3. The van der Waals surface area contributed by atoms with Crippen LogP contribution in [0.1, 0.15) is 21.6 Å². The lowest BCUT2D eigenvalue weighted by Crippen LogP contribution is -2.17. The molecule has 0 fully saturated rings. The van der Waals surface area contributed by atoms with E-state index in [1.807, 2.05) is 48.5 Å². The summed E-state index contributed by atoms with van der Waals surface area (Å²) < 4.78 is 5.79. The molecule has 0 aliphatic carbocycles. The van der Waals surface area contributed by atoms with Crippen molar-refractivity contribution in [2.75, 3.05) is 0 Å². The van der Waals surface area contributed by atoms with E-state index in [2.05, 4.69) is 20.7 Å². The first kappa shape index (κ1) is 21.6. The molecule has 4 aromatic rings. The molecular weight excluding hydrogens is 447 g/mol. The number of hydrogen-bond donors (Lipinski definition) is 2. The minimum absolute atomic E-state index is 0.298. The van der Waals surface area contributed by atoms with Crippen molar-refractivity contribution in [3.05, 3.63) is 106 Å². The topological polar surface area (TPSA) is 79.4 Å². The lowest BCUT2D eigenvalue weighted by atomic mass is 10.1. The summed E-state index contributed by atoms with van der Waals surface area (Å²) in [6, 6.07) is 23.7. The van der Waals surface area contributed by atoms with Crippen LogP contribution in [0.3, 0.4) is 0 Å². The van der Waals surface area contributed by atoms with Crippen molar-refractivity contribution < 1.29 is 9.53 Å². The molecule has 0 aliphatic heterocycles. The molecule has 32 heavy (non-hydrogen) atoms. The summed E-state index contributed by atoms with van der Waals surface area (Å²) in [6.07, 6.45) is 1.53. The van der Waals surface area contributed by atoms with E-state index in [0.29, 0.717) is 33.8 Å². The van der Waals surface area contributed by atoms with Crippen LogP contribution in [0.25, 0.3) is 11.3 Å². The summed E-state index contributed by atoms with van der Waals surface area (Å²) in [7, 11) is 0. The van der Waals surface area contributed by atoms with Gasteiger partial charge in [0.25, 0.3) is 5.91 Å². The summed E-state index contributed by atoms with van der Waals surface area (Å²) in [4.78, 5) is 12.3. The van der Waals surface area contributed by atoms with E-state index in [9.17, 15) is 4.79 Å². The number of rotatable bonds is 7. The lowest BCUT2D eigenvalue weighted by molar-refractivity contribution is 0.0950. The smallest absolute Gasteiger partial charge is 0.289 e. The third kappa shape index (κ3) is 5.55. The van der Waals surface area contributed by atoms with Crippen LogP contribution in [0, 0.1) is 0 Å². The normalized spacial score (nSPS) is 10.9. The Kier molecular flexibility index (Phi) is 6.84. The maximum Gasteiger partial charge on any atom is 0.289 e. The number of halogens is 2. The number of benzene rings is 3. The molecule has 3 aromatic carbocycles. The molecule has 0 saturated heterocycles. The highest BCUT2D eigenvalue weighted by Gasteiger charge is 2.10. The molecule has 0 aliphatic rings. The van der Waals surface area contributed by atoms with Crippen LogP contribution in [0.4, 0.5) is 0 Å². The van der Waals surface area contributed by atoms with E-state index in [0.717, 1.165) is 16.7 Å². The fourth-order valence-electron chi connectivity index (χ4n) is 2.86. The maximum absolute atomic E-state index is 12.3. The first-order valence-corrected chi connectivity index (χ1v) is 10.4. The second-order valence-corrected chi connectivity index (χ2v) is 7.67. The van der Waals surface area contributed by atoms with E-state index >= 15 is 0 Å². The molecule has 0 atom stereocenters. The van der Waals surface area contributed by atoms with Crippen LogP contribution in [0.5, 0.6) is 5.75 Å². The molecule has 8 heteroatoms. The Labute approximate surface area is 194 Å². The number of aromatic amines is 1. The number of carbonyl (C=O) groups excluding carboxylic acids is 1. The third-order valence-electron chi connectivity index (χ3n) is 4.57. The fraction of sp³-hybridized carbons (Fsp3) is 0.0417. The molecule has 1 aromatic heterocycles. The SMILES string of the molecule is O=C(N/N=C\c1ccc(Cl)cc1)c1cc(-c2ccc(OCc3ccccc3Cl)cc2)n[nH]1. The Morgan fingerprint density at radius 1 is 1.03 bits per heavy atom. The van der Waals surface area contributed by atoms with Gasteiger partial charge >= 0.3 is 0 Å². The Bertz CT molecular complexity index is 1240. The molecule has 0 bridgehead atoms. The van der Waals surface area contributed by atoms with Gasteiger partial charge in [0, 0.05) is 21.2 Å². The second-order valence-electron chi connectivity index (χ2n) is 6.82. The number of ether oxygens (including phenoxy) is 1. The predicted octanol–water partition coefficient (Wildman–Crippen LogP) is 5.73. The van der Waals surface area contributed by atoms with Crippen molar-refractivity contribution in [3.63, 3.8) is 0 Å². The van der Waals surface area contributed by atoms with Crippen molar-refractivity contribution in [1.29, 1.82) is 0 Å². The van der Waals surface area contributed by atoms with Crippen molar-refractivity contribution in [3.8, 4) is 17.0 Å². The zero-order chi connectivity index (χ0) is 22.3. The monoisotopic (exact) mass is 464 g/mol. The van der Waals surface area contributed by atoms with E-state index in [-0.39, 0.29) is 0 Å². The lowest BCUT2D eigenvalue weighted by Gasteiger charge is -2.08. The van der Waals surface area contributed by atoms with Crippen LogP contribution in [-0.4, -0.2) is 22.3 Å². The molecular formula is C24H18Cl2N4O2. The minimum atomic E-state index is -0.395. The highest BCUT2D eigenvalue weighted by Crippen LogP contribution is 2.23. The summed E-state index contributed by atoms with van der Waals surface area (Å²) in [5.41, 5.74) is 5.98. The molecule has 1 amide bonds. The Hall–Kier alpha value is -3.61. The van der Waals surface area contributed by atoms with Crippen molar-refractivity contribution in [2.24, 2.45) is 5.10 Å². The van der Waals surface area contributed by atoms with Crippen molar-refractivity contribution in [1.82, 2.24) is 15.6 Å². The van der Waals surface area contributed by atoms with Gasteiger partial charge in [0.1, 0.15) is 18.1 Å². The van der Waals surface area contributed by atoms with Gasteiger partial charge in [-0.2, -0.15) is 10.2 Å². The van der Waals surface area contributed by atoms with Gasteiger partial charge in [-0.25, -0.2) is 5.43 Å². The summed E-state index contributed by atoms with van der Waals surface area (Å²) in [6.45, 7) is 0.377. The number of aromatic nitrogens is 2. The number of amides is 1. The summed E-state index contributed by atoms with van der Waals surface area (Å²) in [5, 5.41) is 12.2. The van der Waals surface area contributed by atoms with Gasteiger partial charge in [-0.1, -0.05) is 53.5 Å². The van der Waals surface area contributed by atoms with Gasteiger partial charge in [0.15, 0.2) is 0 Å². The fourth-order valence-corrected chi connectivity index (χ4v) is 3.18. The standard InChI is InChI=1S/C24H18Cl2N4O2/c25-19-9-5-16(6-10-19)14-27-30-24(31)23-13-22(28-29-23)17-7-11-20(12-8-17)32-15-18-3-1-2-4-21(18)26/h1-14H,15H2,(H,28,29)(H,30,31)/b27-14-. The maximum atomic E-state index is 12.3. The first-order valence-electron chi connectivity index (χ1n) is 9.69. The first-order chi connectivity index (χ1) is 15.6. The van der Waals surface area contributed by atoms with E-state index in [4.69, 9.17) is 27.9 Å². The van der Waals surface area contributed by atoms with Crippen LogP contribution in [0.2, 0.25) is 10.0 Å². The molecule has 0 saturated carbocycles. The average Bonchev–Trinajstić information content (AvgIpc) is 3.31. The van der Waals surface area contributed by atoms with Crippen LogP contribution in [-0.2, 0) is 6.61 Å². The molecule has 1 heterocycles. The zero-order valence-electron chi connectivity index (χ0n) is 16.8. The quantitative estimate of drug-likeness (QED) is 0.270. The summed E-state index contributed by atoms with van der Waals surface area (Å²) >= 11 is 12.0. The minimum Gasteiger partial charge on any atom is -0.489 e. The third-order valence-corrected chi connectivity index (χ3v) is 5.20. The second kappa shape index (κ2) is 10.1. The summed E-state index contributed by atoms with van der Waals surface area (Å²) in [5.74, 6) is 0.312. The van der Waals surface area contributed by atoms with Crippen molar-refractivity contribution >= 4 is 35.3 Å². The predicted molar refractivity (Wildman–Crippen MR) is 126 cm³/mol. The van der Waals surface area contributed by atoms with Gasteiger partial charge in [-0.15, -0.1) is 0 Å². The van der Waals surface area contributed by atoms with Gasteiger partial charge in [-0.05, 0) is 54.1 Å². The van der Waals surface area contributed by atoms with Gasteiger partial charge in [0.05, 0.1) is 11.9 Å². The number of nitrogens with one attached hydrogen (secondary N) is 2. The molecule has 0 spiro atoms. The number of hydrazone groups is 1. The van der Waals surface area contributed by atoms with E-state index in [1.54, 1.807) is 30.3 Å². The van der Waals surface area contributed by atoms with Crippen LogP contribution < -0.4 is 10.2 Å². The van der Waals surface area contributed by atoms with Crippen LogP contribution >= 0.6 is 23.2 Å². The molecule has 4 rings (SSSR count). The number of carbonyl (C=O) groups is 1. The molecule has 160 valence electrons. The van der Waals surface area contributed by atoms with Gasteiger partial charge < -0.3 is 4.74 Å². The number of nitrogens with zero attached hydrogens (tertiary/aromatic N) is 2.